The van der Waals surface area contributed by atoms with Crippen molar-refractivity contribution in [1.82, 2.24) is 5.32 Å². The van der Waals surface area contributed by atoms with E-state index in [0.717, 1.165) is 18.4 Å². The van der Waals surface area contributed by atoms with E-state index in [1.165, 1.54) is 0 Å². The maximum atomic E-state index is 12.4. The third-order valence-electron chi connectivity index (χ3n) is 6.90. The van der Waals surface area contributed by atoms with E-state index in [9.17, 15) is 18.3 Å². The number of nitrogens with two attached hydrogens (primary N) is 1. The predicted octanol–water partition coefficient (Wildman–Crippen LogP) is 2.97. The summed E-state index contributed by atoms with van der Waals surface area (Å²) in [5, 5.41) is 13.5. The van der Waals surface area contributed by atoms with Crippen LogP contribution in [0.3, 0.4) is 0 Å². The second kappa shape index (κ2) is 17.7. The Morgan fingerprint density at radius 3 is 2.39 bits per heavy atom. The predicted molar refractivity (Wildman–Crippen MR) is 151 cm³/mol. The molecule has 0 saturated carbocycles. The number of nitrogens with one attached hydrogen (secondary N) is 1. The van der Waals surface area contributed by atoms with E-state index in [-0.39, 0.29) is 29.8 Å². The average Bonchev–Trinajstić information content (AvgIpc) is 2.88. The minimum atomic E-state index is -3.05. The number of amides is 1. The summed E-state index contributed by atoms with van der Waals surface area (Å²) in [5.41, 5.74) is 7.51. The Bertz CT molecular complexity index is 924. The van der Waals surface area contributed by atoms with Crippen LogP contribution >= 0.6 is 0 Å². The van der Waals surface area contributed by atoms with Gasteiger partial charge in [0.05, 0.1) is 25.6 Å². The van der Waals surface area contributed by atoms with E-state index >= 15 is 0 Å². The second-order valence-corrected chi connectivity index (χ2v) is 12.8. The first-order valence-corrected chi connectivity index (χ1v) is 15.5. The average molecular weight is 559 g/mol. The SMILES string of the molecule is CCS(=O)(=O)CCCNC(=O)[C@H](C)C[C@H](O)[C@@H](N)C[C@H](Cc1ccc(OC)c(OCCCOC)c1)C(C)C. The number of ether oxygens (including phenoxy) is 3. The first-order valence-electron chi connectivity index (χ1n) is 13.6. The van der Waals surface area contributed by atoms with Gasteiger partial charge in [-0.05, 0) is 55.2 Å². The highest BCUT2D eigenvalue weighted by molar-refractivity contribution is 7.91. The smallest absolute Gasteiger partial charge is 0.222 e. The first kappa shape index (κ1) is 34.1. The molecule has 4 N–H and O–H groups in total. The molecule has 9 nitrogen and oxygen atoms in total. The van der Waals surface area contributed by atoms with Crippen LogP contribution in [0, 0.1) is 17.8 Å². The van der Waals surface area contributed by atoms with Gasteiger partial charge in [0.1, 0.15) is 9.84 Å². The van der Waals surface area contributed by atoms with Crippen LogP contribution in [0.1, 0.15) is 58.9 Å². The van der Waals surface area contributed by atoms with E-state index in [2.05, 4.69) is 19.2 Å². The van der Waals surface area contributed by atoms with Crippen molar-refractivity contribution in [3.8, 4) is 11.5 Å². The molecule has 0 heterocycles. The Balaban J connectivity index is 2.67. The van der Waals surface area contributed by atoms with Crippen LogP contribution in [-0.4, -0.2) is 77.1 Å². The molecule has 0 aliphatic heterocycles. The minimum Gasteiger partial charge on any atom is -0.493 e. The lowest BCUT2D eigenvalue weighted by Crippen LogP contribution is -2.41. The van der Waals surface area contributed by atoms with E-state index < -0.39 is 27.9 Å². The summed E-state index contributed by atoms with van der Waals surface area (Å²) in [6.45, 7) is 9.09. The van der Waals surface area contributed by atoms with Crippen molar-refractivity contribution in [3.05, 3.63) is 23.8 Å². The standard InChI is InChI=1S/C28H50N2O7S/c1-7-38(33,34)15-8-12-30-28(32)21(4)16-25(31)24(29)19-23(20(2)3)17-22-10-11-26(36-6)27(18-22)37-14-9-13-35-5/h10-11,18,20-21,23-25,31H,7-9,12-17,19,29H2,1-6H3,(H,30,32)/t21-,23+,24+,25+/m1/s1. The highest BCUT2D eigenvalue weighted by Gasteiger charge is 2.26. The summed E-state index contributed by atoms with van der Waals surface area (Å²) in [6, 6.07) is 5.46. The maximum Gasteiger partial charge on any atom is 0.222 e. The molecule has 0 bridgehead atoms. The van der Waals surface area contributed by atoms with Gasteiger partial charge in [0.15, 0.2) is 11.5 Å². The number of hydrogen-bond donors (Lipinski definition) is 3. The highest BCUT2D eigenvalue weighted by atomic mass is 32.2. The van der Waals surface area contributed by atoms with E-state index in [0.29, 0.717) is 50.0 Å². The summed E-state index contributed by atoms with van der Waals surface area (Å²) in [5.74, 6) is 1.44. The molecule has 0 aliphatic carbocycles. The van der Waals surface area contributed by atoms with Crippen LogP contribution in [0.5, 0.6) is 11.5 Å². The molecule has 4 atom stereocenters. The Labute approximate surface area is 229 Å². The Morgan fingerprint density at radius 2 is 1.79 bits per heavy atom. The molecule has 0 saturated heterocycles. The van der Waals surface area contributed by atoms with E-state index in [1.54, 1.807) is 28.1 Å². The zero-order chi connectivity index (χ0) is 28.7. The van der Waals surface area contributed by atoms with Gasteiger partial charge in [-0.1, -0.05) is 33.8 Å². The van der Waals surface area contributed by atoms with Gasteiger partial charge in [0.25, 0.3) is 0 Å². The summed E-state index contributed by atoms with van der Waals surface area (Å²) < 4.78 is 39.6. The van der Waals surface area contributed by atoms with Gasteiger partial charge in [-0.3, -0.25) is 4.79 Å². The number of carbonyl (C=O) groups is 1. The minimum absolute atomic E-state index is 0.0535. The zero-order valence-electron chi connectivity index (χ0n) is 24.1. The van der Waals surface area contributed by atoms with Crippen LogP contribution in [0.25, 0.3) is 0 Å². The van der Waals surface area contributed by atoms with Crippen molar-refractivity contribution in [1.29, 1.82) is 0 Å². The lowest BCUT2D eigenvalue weighted by molar-refractivity contribution is -0.125. The molecule has 1 rings (SSSR count). The molecule has 0 unspecified atom stereocenters. The number of aliphatic hydroxyl groups is 1. The summed E-state index contributed by atoms with van der Waals surface area (Å²) in [7, 11) is 0.233. The van der Waals surface area contributed by atoms with Gasteiger partial charge in [-0.2, -0.15) is 0 Å². The molecule has 220 valence electrons. The number of hydrogen-bond acceptors (Lipinski definition) is 8. The Hall–Kier alpha value is -1.88. The van der Waals surface area contributed by atoms with Gasteiger partial charge in [-0.25, -0.2) is 8.42 Å². The van der Waals surface area contributed by atoms with Crippen molar-refractivity contribution >= 4 is 15.7 Å². The number of sulfone groups is 1. The zero-order valence-corrected chi connectivity index (χ0v) is 24.9. The summed E-state index contributed by atoms with van der Waals surface area (Å²) >= 11 is 0. The molecule has 0 radical (unpaired) electrons. The van der Waals surface area contributed by atoms with Gasteiger partial charge in [0, 0.05) is 44.4 Å². The number of methoxy groups -OCH3 is 2. The van der Waals surface area contributed by atoms with Gasteiger partial charge < -0.3 is 30.4 Å². The molecule has 1 aromatic rings. The fourth-order valence-electron chi connectivity index (χ4n) is 4.21. The second-order valence-electron chi connectivity index (χ2n) is 10.4. The van der Waals surface area contributed by atoms with Crippen LogP contribution in [0.4, 0.5) is 0 Å². The summed E-state index contributed by atoms with van der Waals surface area (Å²) in [6.07, 6.45) is 1.95. The van der Waals surface area contributed by atoms with Crippen molar-refractivity contribution in [2.24, 2.45) is 23.5 Å². The van der Waals surface area contributed by atoms with Crippen molar-refractivity contribution in [3.63, 3.8) is 0 Å². The van der Waals surface area contributed by atoms with Crippen molar-refractivity contribution in [2.75, 3.05) is 45.5 Å². The molecule has 1 aromatic carbocycles. The highest BCUT2D eigenvalue weighted by Crippen LogP contribution is 2.31. The number of aliphatic hydroxyl groups excluding tert-OH is 1. The molecular weight excluding hydrogens is 508 g/mol. The third kappa shape index (κ3) is 12.8. The first-order chi connectivity index (χ1) is 17.9. The van der Waals surface area contributed by atoms with Crippen molar-refractivity contribution < 1.29 is 32.5 Å². The largest absolute Gasteiger partial charge is 0.493 e. The molecule has 0 spiro atoms. The molecule has 0 fully saturated rings. The molecule has 0 aliphatic rings. The fraction of sp³-hybridized carbons (Fsp3) is 0.750. The molecule has 10 heteroatoms. The van der Waals surface area contributed by atoms with Gasteiger partial charge in [-0.15, -0.1) is 0 Å². The van der Waals surface area contributed by atoms with Crippen LogP contribution in [-0.2, 0) is 25.8 Å². The van der Waals surface area contributed by atoms with Crippen molar-refractivity contribution in [2.45, 2.75) is 71.9 Å². The van der Waals surface area contributed by atoms with E-state index in [1.807, 2.05) is 18.2 Å². The molecule has 0 aromatic heterocycles. The lowest BCUT2D eigenvalue weighted by atomic mass is 9.82. The van der Waals surface area contributed by atoms with Crippen LogP contribution < -0.4 is 20.5 Å². The quantitative estimate of drug-likeness (QED) is 0.208. The normalized spacial score (nSPS) is 15.1. The molecular formula is C28H50N2O7S. The summed E-state index contributed by atoms with van der Waals surface area (Å²) in [4.78, 5) is 12.4. The van der Waals surface area contributed by atoms with Crippen LogP contribution in [0.15, 0.2) is 18.2 Å². The number of rotatable bonds is 20. The molecule has 38 heavy (non-hydrogen) atoms. The lowest BCUT2D eigenvalue weighted by Gasteiger charge is -2.28. The number of carbonyl (C=O) groups excluding carboxylic acids is 1. The fourth-order valence-corrected chi connectivity index (χ4v) is 5.09. The van der Waals surface area contributed by atoms with Crippen LogP contribution in [0.2, 0.25) is 0 Å². The Kier molecular flexibility index (Phi) is 15.9. The van der Waals surface area contributed by atoms with E-state index in [4.69, 9.17) is 19.9 Å². The molecule has 1 amide bonds. The number of benzene rings is 1. The Morgan fingerprint density at radius 1 is 1.08 bits per heavy atom. The third-order valence-corrected chi connectivity index (χ3v) is 8.69. The van der Waals surface area contributed by atoms with Gasteiger partial charge in [0.2, 0.25) is 5.91 Å². The van der Waals surface area contributed by atoms with Gasteiger partial charge >= 0.3 is 0 Å². The topological polar surface area (TPSA) is 137 Å². The maximum absolute atomic E-state index is 12.4. The monoisotopic (exact) mass is 558 g/mol.